The molecule has 0 radical (unpaired) electrons. The minimum Gasteiger partial charge on any atom is -0.481 e. The first-order chi connectivity index (χ1) is 9.13. The quantitative estimate of drug-likeness (QED) is 0.930. The van der Waals surface area contributed by atoms with Crippen molar-refractivity contribution < 1.29 is 9.90 Å². The van der Waals surface area contributed by atoms with Crippen molar-refractivity contribution in [2.45, 2.75) is 25.2 Å². The van der Waals surface area contributed by atoms with Crippen LogP contribution in [-0.4, -0.2) is 16.1 Å². The Morgan fingerprint density at radius 1 is 1.53 bits per heavy atom. The lowest BCUT2D eigenvalue weighted by Gasteiger charge is -2.02. The number of aliphatic carboxylic acids is 1. The Bertz CT molecular complexity index is 638. The molecule has 0 saturated carbocycles. The number of halogens is 1. The van der Waals surface area contributed by atoms with Crippen LogP contribution in [0.5, 0.6) is 0 Å². The topological polar surface area (TPSA) is 50.2 Å². The van der Waals surface area contributed by atoms with E-state index in [4.69, 9.17) is 5.11 Å². The number of nitrogens with zero attached hydrogens (tertiary/aromatic N) is 1. The predicted molar refractivity (Wildman–Crippen MR) is 77.8 cm³/mol. The van der Waals surface area contributed by atoms with Gasteiger partial charge in [0.25, 0.3) is 0 Å². The summed E-state index contributed by atoms with van der Waals surface area (Å²) in [6.07, 6.45) is 2.31. The van der Waals surface area contributed by atoms with Gasteiger partial charge >= 0.3 is 5.97 Å². The molecule has 1 unspecified atom stereocenters. The van der Waals surface area contributed by atoms with Gasteiger partial charge in [0.15, 0.2) is 0 Å². The minimum absolute atomic E-state index is 0.400. The zero-order valence-corrected chi connectivity index (χ0v) is 12.5. The standard InChI is InChI=1S/C14H12BrNO2S/c15-9-3-1-2-8(6-9)7-12-16-13-10(14(17)18)4-5-11(13)19-12/h1-3,6,10H,4-5,7H2,(H,17,18). The van der Waals surface area contributed by atoms with Gasteiger partial charge in [-0.2, -0.15) is 0 Å². The fraction of sp³-hybridized carbons (Fsp3) is 0.286. The van der Waals surface area contributed by atoms with Gasteiger partial charge in [0, 0.05) is 15.8 Å². The monoisotopic (exact) mass is 337 g/mol. The first-order valence-corrected chi connectivity index (χ1v) is 7.70. The molecule has 1 aliphatic carbocycles. The highest BCUT2D eigenvalue weighted by molar-refractivity contribution is 9.10. The average Bonchev–Trinajstić information content (AvgIpc) is 2.87. The smallest absolute Gasteiger partial charge is 0.312 e. The van der Waals surface area contributed by atoms with Gasteiger partial charge in [-0.15, -0.1) is 11.3 Å². The molecule has 0 spiro atoms. The molecule has 0 aliphatic heterocycles. The van der Waals surface area contributed by atoms with Gasteiger partial charge in [0.1, 0.15) is 5.92 Å². The number of fused-ring (bicyclic) bond motifs is 1. The van der Waals surface area contributed by atoms with Gasteiger partial charge in [0.2, 0.25) is 0 Å². The molecule has 0 saturated heterocycles. The van der Waals surface area contributed by atoms with Crippen LogP contribution < -0.4 is 0 Å². The van der Waals surface area contributed by atoms with Crippen molar-refractivity contribution in [2.75, 3.05) is 0 Å². The number of rotatable bonds is 3. The predicted octanol–water partition coefficient (Wildman–Crippen LogP) is 3.61. The third-order valence-corrected chi connectivity index (χ3v) is 4.93. The van der Waals surface area contributed by atoms with Gasteiger partial charge in [-0.3, -0.25) is 4.79 Å². The Hall–Kier alpha value is -1.20. The molecule has 1 atom stereocenters. The van der Waals surface area contributed by atoms with E-state index in [1.165, 1.54) is 5.56 Å². The minimum atomic E-state index is -0.752. The maximum atomic E-state index is 11.1. The van der Waals surface area contributed by atoms with Crippen molar-refractivity contribution in [2.24, 2.45) is 0 Å². The second kappa shape index (κ2) is 5.06. The summed E-state index contributed by atoms with van der Waals surface area (Å²) in [4.78, 5) is 16.8. The van der Waals surface area contributed by atoms with E-state index >= 15 is 0 Å². The largest absolute Gasteiger partial charge is 0.481 e. The average molecular weight is 338 g/mol. The Balaban J connectivity index is 1.85. The molecule has 2 aromatic rings. The number of aryl methyl sites for hydroxylation is 1. The maximum absolute atomic E-state index is 11.1. The highest BCUT2D eigenvalue weighted by Gasteiger charge is 2.32. The van der Waals surface area contributed by atoms with Crippen molar-refractivity contribution in [3.05, 3.63) is 49.9 Å². The number of carboxylic acids is 1. The van der Waals surface area contributed by atoms with E-state index in [-0.39, 0.29) is 0 Å². The van der Waals surface area contributed by atoms with E-state index in [0.717, 1.165) is 32.9 Å². The molecule has 1 aliphatic rings. The van der Waals surface area contributed by atoms with E-state index < -0.39 is 11.9 Å². The molecule has 1 aromatic heterocycles. The van der Waals surface area contributed by atoms with Crippen molar-refractivity contribution in [3.63, 3.8) is 0 Å². The van der Waals surface area contributed by atoms with Gasteiger partial charge in [-0.1, -0.05) is 28.1 Å². The molecule has 1 heterocycles. The van der Waals surface area contributed by atoms with Crippen LogP contribution in [0.3, 0.4) is 0 Å². The molecular formula is C14H12BrNO2S. The van der Waals surface area contributed by atoms with Crippen molar-refractivity contribution >= 4 is 33.2 Å². The summed E-state index contributed by atoms with van der Waals surface area (Å²) in [5.41, 5.74) is 1.98. The molecule has 98 valence electrons. The second-order valence-electron chi connectivity index (χ2n) is 4.65. The van der Waals surface area contributed by atoms with Crippen LogP contribution in [0, 0.1) is 0 Å². The summed E-state index contributed by atoms with van der Waals surface area (Å²) in [6, 6.07) is 8.12. The number of hydrogen-bond acceptors (Lipinski definition) is 3. The summed E-state index contributed by atoms with van der Waals surface area (Å²) in [7, 11) is 0. The van der Waals surface area contributed by atoms with Crippen LogP contribution in [0.15, 0.2) is 28.7 Å². The van der Waals surface area contributed by atoms with Gasteiger partial charge < -0.3 is 5.11 Å². The van der Waals surface area contributed by atoms with Crippen LogP contribution in [-0.2, 0) is 17.6 Å². The second-order valence-corrected chi connectivity index (χ2v) is 6.74. The Kier molecular flexibility index (Phi) is 3.41. The number of carboxylic acid groups (broad SMARTS) is 1. The summed E-state index contributed by atoms with van der Waals surface area (Å²) in [5.74, 6) is -1.15. The zero-order chi connectivity index (χ0) is 13.4. The normalized spacial score (nSPS) is 17.4. The number of hydrogen-bond donors (Lipinski definition) is 1. The van der Waals surface area contributed by atoms with Crippen LogP contribution in [0.4, 0.5) is 0 Å². The van der Waals surface area contributed by atoms with Crippen LogP contribution in [0.2, 0.25) is 0 Å². The first kappa shape index (κ1) is 12.8. The molecule has 0 fully saturated rings. The number of benzene rings is 1. The molecule has 19 heavy (non-hydrogen) atoms. The van der Waals surface area contributed by atoms with Crippen molar-refractivity contribution in [1.82, 2.24) is 4.98 Å². The van der Waals surface area contributed by atoms with Crippen LogP contribution in [0.25, 0.3) is 0 Å². The van der Waals surface area contributed by atoms with E-state index in [2.05, 4.69) is 33.0 Å². The Morgan fingerprint density at radius 3 is 3.11 bits per heavy atom. The number of aromatic nitrogens is 1. The molecule has 1 N–H and O–H groups in total. The Labute approximate surface area is 123 Å². The lowest BCUT2D eigenvalue weighted by atomic mass is 10.1. The van der Waals surface area contributed by atoms with Crippen LogP contribution >= 0.6 is 27.3 Å². The van der Waals surface area contributed by atoms with Crippen molar-refractivity contribution in [1.29, 1.82) is 0 Å². The number of carbonyl (C=O) groups is 1. The third-order valence-electron chi connectivity index (χ3n) is 3.30. The van der Waals surface area contributed by atoms with E-state index in [1.807, 2.05) is 12.1 Å². The fourth-order valence-corrected chi connectivity index (χ4v) is 4.04. The molecule has 3 rings (SSSR count). The van der Waals surface area contributed by atoms with Gasteiger partial charge in [-0.05, 0) is 30.5 Å². The summed E-state index contributed by atoms with van der Waals surface area (Å²) < 4.78 is 1.05. The maximum Gasteiger partial charge on any atom is 0.312 e. The lowest BCUT2D eigenvalue weighted by Crippen LogP contribution is -2.08. The Morgan fingerprint density at radius 2 is 2.37 bits per heavy atom. The van der Waals surface area contributed by atoms with Gasteiger partial charge in [0.05, 0.1) is 10.7 Å². The summed E-state index contributed by atoms with van der Waals surface area (Å²) in [5, 5.41) is 10.2. The van der Waals surface area contributed by atoms with E-state index in [0.29, 0.717) is 6.42 Å². The zero-order valence-electron chi connectivity index (χ0n) is 10.1. The number of thiazole rings is 1. The van der Waals surface area contributed by atoms with E-state index in [9.17, 15) is 4.79 Å². The van der Waals surface area contributed by atoms with E-state index in [1.54, 1.807) is 11.3 Å². The molecule has 3 nitrogen and oxygen atoms in total. The summed E-state index contributed by atoms with van der Waals surface area (Å²) >= 11 is 5.11. The molecule has 0 amide bonds. The highest BCUT2D eigenvalue weighted by Crippen LogP contribution is 2.37. The molecule has 0 bridgehead atoms. The van der Waals surface area contributed by atoms with Crippen molar-refractivity contribution in [3.8, 4) is 0 Å². The fourth-order valence-electron chi connectivity index (χ4n) is 2.42. The molecular weight excluding hydrogens is 326 g/mol. The third kappa shape index (κ3) is 2.58. The highest BCUT2D eigenvalue weighted by atomic mass is 79.9. The molecule has 1 aromatic carbocycles. The lowest BCUT2D eigenvalue weighted by molar-refractivity contribution is -0.138. The SMILES string of the molecule is O=C(O)C1CCc2sc(Cc3cccc(Br)c3)nc21. The van der Waals surface area contributed by atoms with Gasteiger partial charge in [-0.25, -0.2) is 4.98 Å². The first-order valence-electron chi connectivity index (χ1n) is 6.09. The summed E-state index contributed by atoms with van der Waals surface area (Å²) in [6.45, 7) is 0. The molecule has 5 heteroatoms. The van der Waals surface area contributed by atoms with Crippen LogP contribution in [0.1, 0.15) is 33.5 Å².